The van der Waals surface area contributed by atoms with Crippen LogP contribution in [-0.2, 0) is 5.41 Å². The molecule has 0 bridgehead atoms. The number of nitrogens with zero attached hydrogens (tertiary/aromatic N) is 1. The summed E-state index contributed by atoms with van der Waals surface area (Å²) in [6.07, 6.45) is 13.1. The lowest BCUT2D eigenvalue weighted by Gasteiger charge is -2.27. The van der Waals surface area contributed by atoms with Gasteiger partial charge in [0.25, 0.3) is 0 Å². The molecular weight excluding hydrogens is 318 g/mol. The number of hydrogen-bond acceptors (Lipinski definition) is 1. The molecule has 0 aliphatic heterocycles. The summed E-state index contributed by atoms with van der Waals surface area (Å²) in [5.74, 6) is 0.993. The zero-order chi connectivity index (χ0) is 18.4. The molecule has 3 nitrogen and oxygen atoms in total. The zero-order valence-electron chi connectivity index (χ0n) is 17.0. The van der Waals surface area contributed by atoms with Gasteiger partial charge in [0.1, 0.15) is 0 Å². The van der Waals surface area contributed by atoms with Crippen molar-refractivity contribution in [3.8, 4) is 0 Å². The first-order valence-corrected chi connectivity index (χ1v) is 10.7. The monoisotopic (exact) mass is 355 g/mol. The van der Waals surface area contributed by atoms with Crippen LogP contribution in [0.3, 0.4) is 0 Å². The van der Waals surface area contributed by atoms with Crippen molar-refractivity contribution < 1.29 is 0 Å². The molecule has 2 aliphatic rings. The lowest BCUT2D eigenvalue weighted by Crippen LogP contribution is -2.41. The van der Waals surface area contributed by atoms with Gasteiger partial charge in [-0.3, -0.25) is 0 Å². The van der Waals surface area contributed by atoms with Crippen LogP contribution < -0.4 is 10.6 Å². The van der Waals surface area contributed by atoms with Gasteiger partial charge in [-0.2, -0.15) is 0 Å². The topological polar surface area (TPSA) is 36.4 Å². The van der Waals surface area contributed by atoms with E-state index in [1.54, 1.807) is 0 Å². The Morgan fingerprint density at radius 2 is 1.42 bits per heavy atom. The van der Waals surface area contributed by atoms with E-state index in [-0.39, 0.29) is 5.41 Å². The first kappa shape index (κ1) is 19.3. The Morgan fingerprint density at radius 1 is 0.846 bits per heavy atom. The molecule has 2 N–H and O–H groups in total. The number of nitrogens with one attached hydrogen (secondary N) is 2. The largest absolute Gasteiger partial charge is 0.353 e. The molecule has 0 amide bonds. The summed E-state index contributed by atoms with van der Waals surface area (Å²) >= 11 is 0. The summed E-state index contributed by atoms with van der Waals surface area (Å²) in [5.41, 5.74) is 2.70. The molecule has 0 atom stereocenters. The fourth-order valence-corrected chi connectivity index (χ4v) is 4.13. The quantitative estimate of drug-likeness (QED) is 0.515. The molecule has 0 aromatic heterocycles. The molecule has 26 heavy (non-hydrogen) atoms. The van der Waals surface area contributed by atoms with Crippen molar-refractivity contribution in [3.05, 3.63) is 29.8 Å². The number of guanidine groups is 1. The van der Waals surface area contributed by atoms with E-state index in [1.165, 1.54) is 69.8 Å². The van der Waals surface area contributed by atoms with Gasteiger partial charge in [0.15, 0.2) is 5.96 Å². The van der Waals surface area contributed by atoms with E-state index in [9.17, 15) is 0 Å². The highest BCUT2D eigenvalue weighted by atomic mass is 15.2. The van der Waals surface area contributed by atoms with Crippen molar-refractivity contribution in [2.45, 2.75) is 102 Å². The molecule has 2 saturated carbocycles. The molecular formula is C23H37N3. The van der Waals surface area contributed by atoms with Crippen LogP contribution in [0.25, 0.3) is 0 Å². The van der Waals surface area contributed by atoms with Gasteiger partial charge in [-0.05, 0) is 48.8 Å². The Kier molecular flexibility index (Phi) is 6.61. The molecule has 0 saturated heterocycles. The third-order valence-electron chi connectivity index (χ3n) is 5.85. The standard InChI is InChI=1S/C23H37N3/c1-23(2,3)18-14-16-21(17-15-18)26-22(24-19-10-6-4-7-11-19)25-20-12-8-5-9-13-20/h14-17,19-20H,4-13H2,1-3H3,(H2,24,25,26). The van der Waals surface area contributed by atoms with E-state index >= 15 is 0 Å². The molecule has 1 aromatic rings. The van der Waals surface area contributed by atoms with E-state index in [2.05, 4.69) is 55.7 Å². The lowest BCUT2D eigenvalue weighted by molar-refractivity contribution is 0.408. The highest BCUT2D eigenvalue weighted by molar-refractivity contribution is 5.94. The number of hydrogen-bond donors (Lipinski definition) is 2. The summed E-state index contributed by atoms with van der Waals surface area (Å²) in [7, 11) is 0. The summed E-state index contributed by atoms with van der Waals surface area (Å²) < 4.78 is 0. The first-order valence-electron chi connectivity index (χ1n) is 10.7. The minimum atomic E-state index is 0.192. The summed E-state index contributed by atoms with van der Waals surface area (Å²) in [5, 5.41) is 7.33. The Morgan fingerprint density at radius 3 is 2.00 bits per heavy atom. The van der Waals surface area contributed by atoms with Gasteiger partial charge >= 0.3 is 0 Å². The number of anilines is 1. The van der Waals surface area contributed by atoms with E-state index in [0.717, 1.165) is 11.6 Å². The molecule has 3 heteroatoms. The third-order valence-corrected chi connectivity index (χ3v) is 5.85. The highest BCUT2D eigenvalue weighted by Crippen LogP contribution is 2.24. The van der Waals surface area contributed by atoms with Gasteiger partial charge in [0.2, 0.25) is 0 Å². The van der Waals surface area contributed by atoms with Crippen molar-refractivity contribution in [1.82, 2.24) is 5.32 Å². The lowest BCUT2D eigenvalue weighted by atomic mass is 9.87. The van der Waals surface area contributed by atoms with Crippen molar-refractivity contribution in [2.75, 3.05) is 5.32 Å². The van der Waals surface area contributed by atoms with Crippen LogP contribution in [-0.4, -0.2) is 18.0 Å². The molecule has 0 unspecified atom stereocenters. The van der Waals surface area contributed by atoms with E-state index in [1.807, 2.05) is 0 Å². The summed E-state index contributed by atoms with van der Waals surface area (Å²) in [4.78, 5) is 5.09. The fraction of sp³-hybridized carbons (Fsp3) is 0.696. The van der Waals surface area contributed by atoms with Crippen LogP contribution in [0.4, 0.5) is 5.69 Å². The van der Waals surface area contributed by atoms with E-state index in [0.29, 0.717) is 12.1 Å². The highest BCUT2D eigenvalue weighted by Gasteiger charge is 2.18. The van der Waals surface area contributed by atoms with Crippen LogP contribution in [0.1, 0.15) is 90.5 Å². The van der Waals surface area contributed by atoms with Crippen molar-refractivity contribution in [1.29, 1.82) is 0 Å². The van der Waals surface area contributed by atoms with Crippen LogP contribution in [0.5, 0.6) is 0 Å². The Hall–Kier alpha value is -1.51. The maximum atomic E-state index is 5.09. The van der Waals surface area contributed by atoms with E-state index in [4.69, 9.17) is 4.99 Å². The second-order valence-electron chi connectivity index (χ2n) is 9.20. The Balaban J connectivity index is 1.70. The predicted octanol–water partition coefficient (Wildman–Crippen LogP) is 6.01. The minimum absolute atomic E-state index is 0.192. The Labute approximate surface area is 160 Å². The van der Waals surface area contributed by atoms with Crippen LogP contribution in [0.15, 0.2) is 29.3 Å². The second-order valence-corrected chi connectivity index (χ2v) is 9.20. The number of benzene rings is 1. The zero-order valence-corrected chi connectivity index (χ0v) is 17.0. The molecule has 0 radical (unpaired) electrons. The van der Waals surface area contributed by atoms with Gasteiger partial charge < -0.3 is 10.6 Å². The first-order chi connectivity index (χ1) is 12.5. The predicted molar refractivity (Wildman–Crippen MR) is 113 cm³/mol. The normalized spacial score (nSPS) is 20.8. The minimum Gasteiger partial charge on any atom is -0.353 e. The van der Waals surface area contributed by atoms with Crippen molar-refractivity contribution in [3.63, 3.8) is 0 Å². The van der Waals surface area contributed by atoms with Crippen molar-refractivity contribution in [2.24, 2.45) is 4.99 Å². The molecule has 2 aliphatic carbocycles. The third kappa shape index (κ3) is 5.75. The fourth-order valence-electron chi connectivity index (χ4n) is 4.13. The number of aliphatic imine (C=N–C) groups is 1. The van der Waals surface area contributed by atoms with Crippen LogP contribution >= 0.6 is 0 Å². The average molecular weight is 356 g/mol. The molecule has 3 rings (SSSR count). The van der Waals surface area contributed by atoms with Crippen molar-refractivity contribution >= 4 is 11.6 Å². The molecule has 144 valence electrons. The van der Waals surface area contributed by atoms with Crippen LogP contribution in [0, 0.1) is 0 Å². The smallest absolute Gasteiger partial charge is 0.196 e. The van der Waals surface area contributed by atoms with Gasteiger partial charge in [-0.25, -0.2) is 4.99 Å². The van der Waals surface area contributed by atoms with Gasteiger partial charge in [0.05, 0.1) is 6.04 Å². The maximum absolute atomic E-state index is 5.09. The SMILES string of the molecule is CC(C)(C)c1ccc(NC(=NC2CCCCC2)NC2CCCCC2)cc1. The average Bonchev–Trinajstić information content (AvgIpc) is 2.63. The molecule has 0 spiro atoms. The second kappa shape index (κ2) is 8.92. The van der Waals surface area contributed by atoms with Crippen LogP contribution in [0.2, 0.25) is 0 Å². The van der Waals surface area contributed by atoms with E-state index < -0.39 is 0 Å². The molecule has 2 fully saturated rings. The van der Waals surface area contributed by atoms with Gasteiger partial charge in [0, 0.05) is 11.7 Å². The summed E-state index contributed by atoms with van der Waals surface area (Å²) in [6.45, 7) is 6.78. The Bertz CT molecular complexity index is 570. The van der Waals surface area contributed by atoms with Gasteiger partial charge in [-0.15, -0.1) is 0 Å². The molecule has 0 heterocycles. The summed E-state index contributed by atoms with van der Waals surface area (Å²) in [6, 6.07) is 9.92. The molecule has 1 aromatic carbocycles. The number of rotatable bonds is 3. The van der Waals surface area contributed by atoms with Gasteiger partial charge in [-0.1, -0.05) is 71.4 Å². The maximum Gasteiger partial charge on any atom is 0.196 e.